The van der Waals surface area contributed by atoms with E-state index in [4.69, 9.17) is 16.3 Å². The molecule has 0 aliphatic rings. The quantitative estimate of drug-likeness (QED) is 0.661. The summed E-state index contributed by atoms with van der Waals surface area (Å²) in [6, 6.07) is 6.81. The maximum atomic E-state index is 13.5. The highest BCUT2D eigenvalue weighted by atomic mass is 35.5. The Morgan fingerprint density at radius 3 is 2.65 bits per heavy atom. The zero-order valence-electron chi connectivity index (χ0n) is 12.1. The molecule has 0 bridgehead atoms. The van der Waals surface area contributed by atoms with Gasteiger partial charge in [-0.3, -0.25) is 4.79 Å². The molecule has 0 fully saturated rings. The number of rotatable bonds is 5. The number of aryl methyl sites for hydroxylation is 1. The van der Waals surface area contributed by atoms with Crippen molar-refractivity contribution in [1.82, 2.24) is 5.32 Å². The van der Waals surface area contributed by atoms with E-state index in [1.807, 2.05) is 13.0 Å². The summed E-state index contributed by atoms with van der Waals surface area (Å²) in [7, 11) is 0. The van der Waals surface area contributed by atoms with Crippen LogP contribution in [0.1, 0.15) is 15.9 Å². The smallest absolute Gasteiger partial charge is 0.254 e. The van der Waals surface area contributed by atoms with E-state index in [0.717, 1.165) is 11.6 Å². The lowest BCUT2D eigenvalue weighted by Crippen LogP contribution is -2.29. The van der Waals surface area contributed by atoms with Crippen LogP contribution in [0.2, 0.25) is 5.02 Å². The number of carbonyl (C=O) groups excluding carboxylic acids is 1. The second-order valence-corrected chi connectivity index (χ2v) is 5.17. The third-order valence-corrected chi connectivity index (χ3v) is 3.32. The minimum Gasteiger partial charge on any atom is -0.490 e. The Bertz CT molecular complexity index is 738. The van der Waals surface area contributed by atoms with Crippen LogP contribution in [0, 0.1) is 24.4 Å². The van der Waals surface area contributed by atoms with Gasteiger partial charge in [-0.1, -0.05) is 17.7 Å². The molecule has 0 aliphatic heterocycles. The van der Waals surface area contributed by atoms with Crippen LogP contribution in [0.3, 0.4) is 0 Å². The molecule has 122 valence electrons. The van der Waals surface area contributed by atoms with Crippen LogP contribution in [-0.2, 0) is 0 Å². The Morgan fingerprint density at radius 1 is 1.17 bits per heavy atom. The first-order valence-corrected chi connectivity index (χ1v) is 7.08. The highest BCUT2D eigenvalue weighted by Crippen LogP contribution is 2.25. The number of hydrogen-bond donors (Lipinski definition) is 1. The minimum atomic E-state index is -1.68. The largest absolute Gasteiger partial charge is 0.490 e. The molecule has 0 spiro atoms. The van der Waals surface area contributed by atoms with Gasteiger partial charge >= 0.3 is 0 Å². The standard InChI is InChI=1S/C16H13ClF3NO2/c1-9-2-4-11(17)13(8-9)23-7-6-21-16(22)10-3-5-12(18)15(20)14(10)19/h2-5,8H,6-7H2,1H3,(H,21,22). The van der Waals surface area contributed by atoms with Crippen molar-refractivity contribution >= 4 is 17.5 Å². The van der Waals surface area contributed by atoms with Gasteiger partial charge in [0.25, 0.3) is 5.91 Å². The van der Waals surface area contributed by atoms with Crippen LogP contribution in [-0.4, -0.2) is 19.1 Å². The Morgan fingerprint density at radius 2 is 1.91 bits per heavy atom. The van der Waals surface area contributed by atoms with Crippen molar-refractivity contribution in [2.45, 2.75) is 6.92 Å². The highest BCUT2D eigenvalue weighted by Gasteiger charge is 2.18. The zero-order valence-corrected chi connectivity index (χ0v) is 12.9. The molecule has 1 N–H and O–H groups in total. The maximum Gasteiger partial charge on any atom is 0.254 e. The fraction of sp³-hybridized carbons (Fsp3) is 0.188. The van der Waals surface area contributed by atoms with E-state index in [2.05, 4.69) is 5.32 Å². The SMILES string of the molecule is Cc1ccc(Cl)c(OCCNC(=O)c2ccc(F)c(F)c2F)c1. The number of hydrogen-bond acceptors (Lipinski definition) is 2. The Kier molecular flexibility index (Phi) is 5.50. The molecule has 0 saturated carbocycles. The summed E-state index contributed by atoms with van der Waals surface area (Å²) in [6.07, 6.45) is 0. The third kappa shape index (κ3) is 4.16. The molecule has 0 aliphatic carbocycles. The van der Waals surface area contributed by atoms with E-state index in [9.17, 15) is 18.0 Å². The van der Waals surface area contributed by atoms with Crippen molar-refractivity contribution in [3.05, 3.63) is 63.9 Å². The van der Waals surface area contributed by atoms with Crippen molar-refractivity contribution in [3.63, 3.8) is 0 Å². The van der Waals surface area contributed by atoms with Crippen LogP contribution in [0.4, 0.5) is 13.2 Å². The molecule has 0 radical (unpaired) electrons. The van der Waals surface area contributed by atoms with Crippen LogP contribution in [0.15, 0.2) is 30.3 Å². The molecule has 0 heterocycles. The van der Waals surface area contributed by atoms with Crippen LogP contribution in [0.5, 0.6) is 5.75 Å². The Labute approximate surface area is 136 Å². The highest BCUT2D eigenvalue weighted by molar-refractivity contribution is 6.32. The van der Waals surface area contributed by atoms with Gasteiger partial charge in [-0.05, 0) is 36.8 Å². The summed E-state index contributed by atoms with van der Waals surface area (Å²) in [4.78, 5) is 11.7. The fourth-order valence-corrected chi connectivity index (χ4v) is 2.02. The number of nitrogens with one attached hydrogen (secondary N) is 1. The van der Waals surface area contributed by atoms with E-state index in [1.165, 1.54) is 0 Å². The van der Waals surface area contributed by atoms with Gasteiger partial charge in [0.15, 0.2) is 17.5 Å². The molecule has 23 heavy (non-hydrogen) atoms. The second kappa shape index (κ2) is 7.37. The summed E-state index contributed by atoms with van der Waals surface area (Å²) in [5.41, 5.74) is 0.384. The van der Waals surface area contributed by atoms with Crippen LogP contribution >= 0.6 is 11.6 Å². The lowest BCUT2D eigenvalue weighted by molar-refractivity contribution is 0.0941. The van der Waals surface area contributed by atoms with Gasteiger partial charge in [0.1, 0.15) is 12.4 Å². The molecule has 0 unspecified atom stereocenters. The zero-order chi connectivity index (χ0) is 17.0. The molecule has 0 saturated heterocycles. The first kappa shape index (κ1) is 17.1. The molecular formula is C16H13ClF3NO2. The average molecular weight is 344 g/mol. The van der Waals surface area contributed by atoms with E-state index < -0.39 is 28.9 Å². The second-order valence-electron chi connectivity index (χ2n) is 4.76. The lowest BCUT2D eigenvalue weighted by Gasteiger charge is -2.10. The van der Waals surface area contributed by atoms with Crippen LogP contribution in [0.25, 0.3) is 0 Å². The summed E-state index contributed by atoms with van der Waals surface area (Å²) in [6.45, 7) is 2.00. The number of ether oxygens (including phenoxy) is 1. The van der Waals surface area contributed by atoms with Crippen molar-refractivity contribution in [2.75, 3.05) is 13.2 Å². The fourth-order valence-electron chi connectivity index (χ4n) is 1.84. The molecular weight excluding hydrogens is 331 g/mol. The van der Waals surface area contributed by atoms with Gasteiger partial charge in [0, 0.05) is 0 Å². The van der Waals surface area contributed by atoms with Crippen molar-refractivity contribution < 1.29 is 22.7 Å². The van der Waals surface area contributed by atoms with Gasteiger partial charge in [0.05, 0.1) is 17.1 Å². The molecule has 0 aromatic heterocycles. The minimum absolute atomic E-state index is 0.0432. The summed E-state index contributed by atoms with van der Waals surface area (Å²) >= 11 is 5.95. The predicted octanol–water partition coefficient (Wildman–Crippen LogP) is 3.87. The normalized spacial score (nSPS) is 10.5. The van der Waals surface area contributed by atoms with Gasteiger partial charge in [0.2, 0.25) is 0 Å². The van der Waals surface area contributed by atoms with Crippen molar-refractivity contribution in [3.8, 4) is 5.75 Å². The first-order chi connectivity index (χ1) is 10.9. The first-order valence-electron chi connectivity index (χ1n) is 6.71. The molecule has 7 heteroatoms. The van der Waals surface area contributed by atoms with Gasteiger partial charge in [-0.15, -0.1) is 0 Å². The summed E-state index contributed by atoms with van der Waals surface area (Å²) < 4.78 is 44.7. The number of halogens is 4. The van der Waals surface area contributed by atoms with E-state index in [-0.39, 0.29) is 13.2 Å². The van der Waals surface area contributed by atoms with E-state index in [1.54, 1.807) is 12.1 Å². The van der Waals surface area contributed by atoms with Crippen molar-refractivity contribution in [1.29, 1.82) is 0 Å². The third-order valence-electron chi connectivity index (χ3n) is 3.01. The topological polar surface area (TPSA) is 38.3 Å². The molecule has 2 aromatic rings. The molecule has 2 aromatic carbocycles. The molecule has 3 nitrogen and oxygen atoms in total. The summed E-state index contributed by atoms with van der Waals surface area (Å²) in [5.74, 6) is -4.96. The Hall–Kier alpha value is -2.21. The van der Waals surface area contributed by atoms with Gasteiger partial charge < -0.3 is 10.1 Å². The molecule has 1 amide bonds. The van der Waals surface area contributed by atoms with Crippen LogP contribution < -0.4 is 10.1 Å². The summed E-state index contributed by atoms with van der Waals surface area (Å²) in [5, 5.41) is 2.78. The van der Waals surface area contributed by atoms with E-state index >= 15 is 0 Å². The van der Waals surface area contributed by atoms with E-state index in [0.29, 0.717) is 16.8 Å². The monoisotopic (exact) mass is 343 g/mol. The predicted molar refractivity (Wildman–Crippen MR) is 80.3 cm³/mol. The lowest BCUT2D eigenvalue weighted by atomic mass is 10.2. The number of benzene rings is 2. The Balaban J connectivity index is 1.90. The molecule has 2 rings (SSSR count). The molecule has 0 atom stereocenters. The van der Waals surface area contributed by atoms with Gasteiger partial charge in [-0.2, -0.15) is 0 Å². The maximum absolute atomic E-state index is 13.5. The van der Waals surface area contributed by atoms with Gasteiger partial charge in [-0.25, -0.2) is 13.2 Å². The number of carbonyl (C=O) groups is 1. The average Bonchev–Trinajstić information content (AvgIpc) is 2.52. The number of amides is 1. The van der Waals surface area contributed by atoms with Crippen molar-refractivity contribution in [2.24, 2.45) is 0 Å².